The van der Waals surface area contributed by atoms with Gasteiger partial charge < -0.3 is 9.84 Å². The molecule has 1 rings (SSSR count). The lowest BCUT2D eigenvalue weighted by Crippen LogP contribution is -2.27. The summed E-state index contributed by atoms with van der Waals surface area (Å²) in [5.41, 5.74) is 1.83. The van der Waals surface area contributed by atoms with Gasteiger partial charge in [0, 0.05) is 5.02 Å². The van der Waals surface area contributed by atoms with Crippen LogP contribution >= 0.6 is 11.6 Å². The molecule has 0 bridgehead atoms. The van der Waals surface area contributed by atoms with Crippen molar-refractivity contribution in [2.45, 2.75) is 52.6 Å². The molecule has 3 nitrogen and oxygen atoms in total. The summed E-state index contributed by atoms with van der Waals surface area (Å²) in [4.78, 5) is 11.1. The Morgan fingerprint density at radius 2 is 2.05 bits per heavy atom. The zero-order chi connectivity index (χ0) is 14.6. The van der Waals surface area contributed by atoms with Crippen LogP contribution in [0.1, 0.15) is 50.7 Å². The van der Waals surface area contributed by atoms with E-state index in [0.717, 1.165) is 17.5 Å². The molecule has 0 saturated carbocycles. The number of aryl methyl sites for hydroxylation is 1. The van der Waals surface area contributed by atoms with Crippen molar-refractivity contribution in [3.63, 3.8) is 0 Å². The Bertz CT molecular complexity index is 455. The number of halogens is 1. The molecule has 1 aromatic carbocycles. The van der Waals surface area contributed by atoms with Crippen molar-refractivity contribution in [2.24, 2.45) is 0 Å². The maximum Gasteiger partial charge on any atom is 0.344 e. The van der Waals surface area contributed by atoms with Gasteiger partial charge >= 0.3 is 5.97 Å². The van der Waals surface area contributed by atoms with Gasteiger partial charge in [-0.1, -0.05) is 38.8 Å². The van der Waals surface area contributed by atoms with Gasteiger partial charge in [-0.25, -0.2) is 4.79 Å². The van der Waals surface area contributed by atoms with Crippen molar-refractivity contribution in [2.75, 3.05) is 0 Å². The summed E-state index contributed by atoms with van der Waals surface area (Å²) < 4.78 is 5.63. The number of carboxylic acids is 1. The molecule has 0 heterocycles. The van der Waals surface area contributed by atoms with E-state index >= 15 is 0 Å². The predicted molar refractivity (Wildman–Crippen MR) is 77.2 cm³/mol. The third-order valence-electron chi connectivity index (χ3n) is 3.01. The standard InChI is InChI=1S/C15H21ClO3/c1-5-6-13(15(17)18)19-14-8-11(9(2)3)12(16)7-10(14)4/h7-9,13H,5-6H2,1-4H3,(H,17,18). The summed E-state index contributed by atoms with van der Waals surface area (Å²) >= 11 is 6.18. The first-order valence-corrected chi connectivity index (χ1v) is 6.94. The number of aliphatic carboxylic acids is 1. The third-order valence-corrected chi connectivity index (χ3v) is 3.34. The van der Waals surface area contributed by atoms with Crippen LogP contribution in [0, 0.1) is 6.92 Å². The highest BCUT2D eigenvalue weighted by Gasteiger charge is 2.20. The normalized spacial score (nSPS) is 12.5. The maximum absolute atomic E-state index is 11.1. The molecule has 0 saturated heterocycles. The highest BCUT2D eigenvalue weighted by atomic mass is 35.5. The molecule has 0 aliphatic carbocycles. The summed E-state index contributed by atoms with van der Waals surface area (Å²) in [6.45, 7) is 7.89. The molecule has 1 unspecified atom stereocenters. The van der Waals surface area contributed by atoms with Gasteiger partial charge in [-0.2, -0.15) is 0 Å². The van der Waals surface area contributed by atoms with Crippen LogP contribution in [0.25, 0.3) is 0 Å². The van der Waals surface area contributed by atoms with Crippen molar-refractivity contribution in [1.82, 2.24) is 0 Å². The molecule has 0 spiro atoms. The van der Waals surface area contributed by atoms with Crippen LogP contribution in [0.3, 0.4) is 0 Å². The minimum atomic E-state index is -0.928. The van der Waals surface area contributed by atoms with Crippen molar-refractivity contribution in [1.29, 1.82) is 0 Å². The van der Waals surface area contributed by atoms with E-state index in [1.807, 2.05) is 39.8 Å². The molecular weight excluding hydrogens is 264 g/mol. The molecule has 0 fully saturated rings. The van der Waals surface area contributed by atoms with E-state index in [1.165, 1.54) is 0 Å². The summed E-state index contributed by atoms with van der Waals surface area (Å²) in [5, 5.41) is 9.84. The number of carbonyl (C=O) groups is 1. The van der Waals surface area contributed by atoms with Crippen LogP contribution in [0.4, 0.5) is 0 Å². The van der Waals surface area contributed by atoms with Crippen LogP contribution in [0.5, 0.6) is 5.75 Å². The van der Waals surface area contributed by atoms with E-state index in [-0.39, 0.29) is 5.92 Å². The summed E-state index contributed by atoms with van der Waals surface area (Å²) in [7, 11) is 0. The smallest absolute Gasteiger partial charge is 0.344 e. The highest BCUT2D eigenvalue weighted by Crippen LogP contribution is 2.32. The van der Waals surface area contributed by atoms with Gasteiger partial charge in [0.1, 0.15) is 5.75 Å². The lowest BCUT2D eigenvalue weighted by Gasteiger charge is -2.18. The average Bonchev–Trinajstić information content (AvgIpc) is 2.30. The molecule has 4 heteroatoms. The zero-order valence-electron chi connectivity index (χ0n) is 11.9. The number of hydrogen-bond donors (Lipinski definition) is 1. The molecule has 106 valence electrons. The van der Waals surface area contributed by atoms with Crippen LogP contribution in [-0.2, 0) is 4.79 Å². The summed E-state index contributed by atoms with van der Waals surface area (Å²) in [5.74, 6) is -0.0545. The predicted octanol–water partition coefficient (Wildman–Crippen LogP) is 4.40. The van der Waals surface area contributed by atoms with Gasteiger partial charge in [-0.15, -0.1) is 0 Å². The van der Waals surface area contributed by atoms with Crippen molar-refractivity contribution < 1.29 is 14.6 Å². The molecule has 0 aliphatic heterocycles. The van der Waals surface area contributed by atoms with Gasteiger partial charge in [0.2, 0.25) is 0 Å². The molecule has 1 atom stereocenters. The van der Waals surface area contributed by atoms with Crippen molar-refractivity contribution in [3.8, 4) is 5.75 Å². The van der Waals surface area contributed by atoms with E-state index < -0.39 is 12.1 Å². The summed E-state index contributed by atoms with van der Waals surface area (Å²) in [6, 6.07) is 3.69. The molecule has 0 radical (unpaired) electrons. The Morgan fingerprint density at radius 1 is 1.42 bits per heavy atom. The van der Waals surface area contributed by atoms with Crippen molar-refractivity contribution >= 4 is 17.6 Å². The molecule has 19 heavy (non-hydrogen) atoms. The summed E-state index contributed by atoms with van der Waals surface area (Å²) in [6.07, 6.45) is 0.458. The van der Waals surface area contributed by atoms with E-state index in [1.54, 1.807) is 0 Å². The van der Waals surface area contributed by atoms with Crippen LogP contribution < -0.4 is 4.74 Å². The second kappa shape index (κ2) is 6.80. The number of benzene rings is 1. The van der Waals surface area contributed by atoms with E-state index in [0.29, 0.717) is 17.2 Å². The van der Waals surface area contributed by atoms with Gasteiger partial charge in [-0.3, -0.25) is 0 Å². The zero-order valence-corrected chi connectivity index (χ0v) is 12.6. The SMILES string of the molecule is CCCC(Oc1cc(C(C)C)c(Cl)cc1C)C(=O)O. The topological polar surface area (TPSA) is 46.5 Å². The molecule has 1 N–H and O–H groups in total. The first-order valence-electron chi connectivity index (χ1n) is 6.56. The largest absolute Gasteiger partial charge is 0.479 e. The molecular formula is C15H21ClO3. The quantitative estimate of drug-likeness (QED) is 0.842. The number of carboxylic acid groups (broad SMARTS) is 1. The van der Waals surface area contributed by atoms with Crippen LogP contribution in [0.15, 0.2) is 12.1 Å². The Morgan fingerprint density at radius 3 is 2.53 bits per heavy atom. The highest BCUT2D eigenvalue weighted by molar-refractivity contribution is 6.31. The average molecular weight is 285 g/mol. The van der Waals surface area contributed by atoms with E-state index in [2.05, 4.69) is 0 Å². The Labute approximate surface area is 119 Å². The number of hydrogen-bond acceptors (Lipinski definition) is 2. The Balaban J connectivity index is 3.05. The van der Waals surface area contributed by atoms with E-state index in [9.17, 15) is 4.79 Å². The number of rotatable bonds is 6. The maximum atomic E-state index is 11.1. The molecule has 1 aromatic rings. The first-order chi connectivity index (χ1) is 8.86. The monoisotopic (exact) mass is 284 g/mol. The third kappa shape index (κ3) is 4.13. The second-order valence-electron chi connectivity index (χ2n) is 5.03. The van der Waals surface area contributed by atoms with Crippen molar-refractivity contribution in [3.05, 3.63) is 28.3 Å². The lowest BCUT2D eigenvalue weighted by atomic mass is 10.0. The van der Waals surface area contributed by atoms with Gasteiger partial charge in [0.25, 0.3) is 0 Å². The van der Waals surface area contributed by atoms with Gasteiger partial charge in [-0.05, 0) is 42.5 Å². The molecule has 0 aromatic heterocycles. The lowest BCUT2D eigenvalue weighted by molar-refractivity contribution is -0.145. The van der Waals surface area contributed by atoms with Gasteiger partial charge in [0.15, 0.2) is 6.10 Å². The van der Waals surface area contributed by atoms with Crippen LogP contribution in [-0.4, -0.2) is 17.2 Å². The Hall–Kier alpha value is -1.22. The number of ether oxygens (including phenoxy) is 1. The fourth-order valence-corrected chi connectivity index (χ4v) is 2.32. The first kappa shape index (κ1) is 15.8. The fraction of sp³-hybridized carbons (Fsp3) is 0.533. The molecule has 0 aliphatic rings. The Kier molecular flexibility index (Phi) is 5.67. The minimum Gasteiger partial charge on any atom is -0.479 e. The second-order valence-corrected chi connectivity index (χ2v) is 5.43. The van der Waals surface area contributed by atoms with Crippen LogP contribution in [0.2, 0.25) is 5.02 Å². The van der Waals surface area contributed by atoms with Gasteiger partial charge in [0.05, 0.1) is 0 Å². The fourth-order valence-electron chi connectivity index (χ4n) is 1.89. The minimum absolute atomic E-state index is 0.268. The van der Waals surface area contributed by atoms with E-state index in [4.69, 9.17) is 21.4 Å². The molecule has 0 amide bonds.